The molecule has 0 bridgehead atoms. The minimum Gasteiger partial charge on any atom is -0.356 e. The van der Waals surface area contributed by atoms with Crippen LogP contribution in [0.25, 0.3) is 0 Å². The van der Waals surface area contributed by atoms with Gasteiger partial charge in [-0.2, -0.15) is 5.10 Å². The molecular weight excluding hydrogens is 290 g/mol. The lowest BCUT2D eigenvalue weighted by atomic mass is 9.97. The Morgan fingerprint density at radius 2 is 2.26 bits per heavy atom. The fraction of sp³-hybridized carbons (Fsp3) is 0.812. The molecule has 0 saturated carbocycles. The third-order valence-electron chi connectivity index (χ3n) is 4.23. The lowest BCUT2D eigenvalue weighted by Gasteiger charge is -2.34. The van der Waals surface area contributed by atoms with Crippen molar-refractivity contribution in [1.82, 2.24) is 30.3 Å². The number of piperidine rings is 1. The van der Waals surface area contributed by atoms with Gasteiger partial charge in [0, 0.05) is 33.7 Å². The number of nitrogens with zero attached hydrogens (tertiary/aromatic N) is 5. The summed E-state index contributed by atoms with van der Waals surface area (Å²) in [5.41, 5.74) is 0. The summed E-state index contributed by atoms with van der Waals surface area (Å²) in [6.07, 6.45) is 4.16. The first-order valence-electron chi connectivity index (χ1n) is 8.58. The van der Waals surface area contributed by atoms with Crippen LogP contribution in [0.3, 0.4) is 0 Å². The van der Waals surface area contributed by atoms with Crippen LogP contribution in [0.2, 0.25) is 0 Å². The second kappa shape index (κ2) is 8.86. The summed E-state index contributed by atoms with van der Waals surface area (Å²) >= 11 is 0. The minimum atomic E-state index is 0.625. The molecule has 2 heterocycles. The van der Waals surface area contributed by atoms with Crippen molar-refractivity contribution in [1.29, 1.82) is 0 Å². The van der Waals surface area contributed by atoms with Gasteiger partial charge in [-0.05, 0) is 31.2 Å². The van der Waals surface area contributed by atoms with Gasteiger partial charge in [0.25, 0.3) is 0 Å². The van der Waals surface area contributed by atoms with Gasteiger partial charge in [-0.3, -0.25) is 9.67 Å². The van der Waals surface area contributed by atoms with Gasteiger partial charge in [0.2, 0.25) is 0 Å². The summed E-state index contributed by atoms with van der Waals surface area (Å²) in [6.45, 7) is 9.81. The average molecular weight is 321 g/mol. The van der Waals surface area contributed by atoms with Crippen LogP contribution in [0.15, 0.2) is 11.3 Å². The molecule has 1 fully saturated rings. The van der Waals surface area contributed by atoms with Crippen molar-refractivity contribution in [3.63, 3.8) is 0 Å². The van der Waals surface area contributed by atoms with Crippen LogP contribution in [0.4, 0.5) is 0 Å². The number of rotatable bonds is 6. The molecule has 23 heavy (non-hydrogen) atoms. The lowest BCUT2D eigenvalue weighted by Crippen LogP contribution is -2.45. The van der Waals surface area contributed by atoms with E-state index in [-0.39, 0.29) is 0 Å². The van der Waals surface area contributed by atoms with Crippen LogP contribution < -0.4 is 10.6 Å². The summed E-state index contributed by atoms with van der Waals surface area (Å²) in [7, 11) is 3.70. The van der Waals surface area contributed by atoms with Gasteiger partial charge >= 0.3 is 0 Å². The summed E-state index contributed by atoms with van der Waals surface area (Å²) in [4.78, 5) is 11.1. The van der Waals surface area contributed by atoms with E-state index < -0.39 is 0 Å². The molecule has 1 saturated heterocycles. The van der Waals surface area contributed by atoms with Crippen LogP contribution in [0, 0.1) is 11.8 Å². The van der Waals surface area contributed by atoms with E-state index >= 15 is 0 Å². The summed E-state index contributed by atoms with van der Waals surface area (Å²) in [5.74, 6) is 3.15. The van der Waals surface area contributed by atoms with E-state index in [1.54, 1.807) is 18.1 Å². The fourth-order valence-electron chi connectivity index (χ4n) is 3.10. The van der Waals surface area contributed by atoms with E-state index in [4.69, 9.17) is 0 Å². The molecule has 1 aliphatic heterocycles. The normalized spacial score (nSPS) is 20.0. The van der Waals surface area contributed by atoms with Gasteiger partial charge in [-0.1, -0.05) is 13.8 Å². The van der Waals surface area contributed by atoms with Crippen molar-refractivity contribution >= 4 is 5.96 Å². The highest BCUT2D eigenvalue weighted by molar-refractivity contribution is 5.79. The van der Waals surface area contributed by atoms with Crippen LogP contribution >= 0.6 is 0 Å². The molecule has 0 radical (unpaired) electrons. The van der Waals surface area contributed by atoms with Crippen molar-refractivity contribution in [2.24, 2.45) is 23.9 Å². The number of aliphatic imine (C=N–C) groups is 1. The van der Waals surface area contributed by atoms with Gasteiger partial charge < -0.3 is 15.5 Å². The molecule has 1 aliphatic rings. The van der Waals surface area contributed by atoms with Gasteiger partial charge in [0.05, 0.1) is 6.54 Å². The first-order valence-corrected chi connectivity index (χ1v) is 8.58. The Morgan fingerprint density at radius 3 is 2.91 bits per heavy atom. The van der Waals surface area contributed by atoms with Crippen molar-refractivity contribution in [3.8, 4) is 0 Å². The number of guanidine groups is 1. The maximum absolute atomic E-state index is 4.29. The number of aromatic nitrogens is 3. The van der Waals surface area contributed by atoms with E-state index in [1.807, 2.05) is 7.05 Å². The molecule has 130 valence electrons. The van der Waals surface area contributed by atoms with Gasteiger partial charge in [-0.15, -0.1) is 0 Å². The molecule has 0 aromatic carbocycles. The Bertz CT molecular complexity index is 494. The summed E-state index contributed by atoms with van der Waals surface area (Å²) in [5, 5.41) is 10.8. The summed E-state index contributed by atoms with van der Waals surface area (Å²) in [6, 6.07) is 0. The third-order valence-corrected chi connectivity index (χ3v) is 4.23. The molecule has 1 aromatic heterocycles. The monoisotopic (exact) mass is 321 g/mol. The number of nitrogens with one attached hydrogen (secondary N) is 2. The number of aryl methyl sites for hydroxylation is 1. The first-order chi connectivity index (χ1) is 11.1. The molecule has 2 rings (SSSR count). The largest absolute Gasteiger partial charge is 0.356 e. The topological polar surface area (TPSA) is 70.4 Å². The Balaban J connectivity index is 1.73. The molecule has 7 nitrogen and oxygen atoms in total. The lowest BCUT2D eigenvalue weighted by molar-refractivity contribution is 0.159. The first kappa shape index (κ1) is 17.7. The van der Waals surface area contributed by atoms with Crippen molar-refractivity contribution in [2.45, 2.75) is 33.2 Å². The van der Waals surface area contributed by atoms with Gasteiger partial charge in [0.1, 0.15) is 12.2 Å². The average Bonchev–Trinajstić information content (AvgIpc) is 2.92. The predicted molar refractivity (Wildman–Crippen MR) is 93.2 cm³/mol. The molecule has 0 spiro atoms. The Hall–Kier alpha value is -1.63. The van der Waals surface area contributed by atoms with Crippen LogP contribution in [-0.2, 0) is 13.6 Å². The van der Waals surface area contributed by atoms with E-state index in [0.29, 0.717) is 12.5 Å². The molecule has 1 atom stereocenters. The van der Waals surface area contributed by atoms with Crippen molar-refractivity contribution < 1.29 is 0 Å². The quantitative estimate of drug-likeness (QED) is 0.600. The van der Waals surface area contributed by atoms with Crippen LogP contribution in [-0.4, -0.2) is 58.9 Å². The SMILES string of the molecule is CN=C(NCc1ncnn1C)NCC1CCCN(CC(C)C)C1. The minimum absolute atomic E-state index is 0.625. The van der Waals surface area contributed by atoms with Crippen molar-refractivity contribution in [2.75, 3.05) is 33.2 Å². The Kier molecular flexibility index (Phi) is 6.83. The number of likely N-dealkylation sites (tertiary alicyclic amines) is 1. The van der Waals surface area contributed by atoms with Crippen LogP contribution in [0.5, 0.6) is 0 Å². The van der Waals surface area contributed by atoms with Crippen LogP contribution in [0.1, 0.15) is 32.5 Å². The molecule has 7 heteroatoms. The van der Waals surface area contributed by atoms with Crippen molar-refractivity contribution in [3.05, 3.63) is 12.2 Å². The van der Waals surface area contributed by atoms with E-state index in [1.165, 1.54) is 32.5 Å². The second-order valence-electron chi connectivity index (χ2n) is 6.77. The zero-order valence-electron chi connectivity index (χ0n) is 14.9. The number of hydrogen-bond donors (Lipinski definition) is 2. The number of hydrogen-bond acceptors (Lipinski definition) is 4. The maximum atomic E-state index is 4.29. The fourth-order valence-corrected chi connectivity index (χ4v) is 3.10. The molecule has 1 unspecified atom stereocenters. The highest BCUT2D eigenvalue weighted by atomic mass is 15.3. The molecule has 1 aromatic rings. The maximum Gasteiger partial charge on any atom is 0.191 e. The zero-order valence-corrected chi connectivity index (χ0v) is 14.9. The molecule has 0 amide bonds. The Morgan fingerprint density at radius 1 is 1.43 bits per heavy atom. The van der Waals surface area contributed by atoms with Gasteiger partial charge in [-0.25, -0.2) is 4.98 Å². The van der Waals surface area contributed by atoms with E-state index in [9.17, 15) is 0 Å². The van der Waals surface area contributed by atoms with E-state index in [0.717, 1.165) is 24.2 Å². The second-order valence-corrected chi connectivity index (χ2v) is 6.77. The van der Waals surface area contributed by atoms with E-state index in [2.05, 4.69) is 44.5 Å². The molecular formula is C16H31N7. The molecule has 2 N–H and O–H groups in total. The highest BCUT2D eigenvalue weighted by Crippen LogP contribution is 2.16. The Labute approximate surface area is 139 Å². The summed E-state index contributed by atoms with van der Waals surface area (Å²) < 4.78 is 1.77. The smallest absolute Gasteiger partial charge is 0.191 e. The zero-order chi connectivity index (χ0) is 16.7. The van der Waals surface area contributed by atoms with Gasteiger partial charge in [0.15, 0.2) is 5.96 Å². The molecule has 0 aliphatic carbocycles. The predicted octanol–water partition coefficient (Wildman–Crippen LogP) is 0.848. The highest BCUT2D eigenvalue weighted by Gasteiger charge is 2.20. The third kappa shape index (κ3) is 5.82. The standard InChI is InChI=1S/C16H31N7/c1-13(2)10-23-7-5-6-14(11-23)8-18-16(17-3)19-9-15-20-12-21-22(15)4/h12-14H,5-11H2,1-4H3,(H2,17,18,19).